The van der Waals surface area contributed by atoms with E-state index in [9.17, 15) is 18.0 Å². The molecule has 0 aliphatic carbocycles. The summed E-state index contributed by atoms with van der Waals surface area (Å²) >= 11 is 0. The Morgan fingerprint density at radius 3 is 2.62 bits per heavy atom. The molecular formula is C28H24F3N5O3. The molecule has 0 aliphatic rings. The topological polar surface area (TPSA) is 109 Å². The number of nitrogens with one attached hydrogen (secondary N) is 2. The van der Waals surface area contributed by atoms with Crippen molar-refractivity contribution in [3.8, 4) is 16.9 Å². The summed E-state index contributed by atoms with van der Waals surface area (Å²) in [6.07, 6.45) is 3.57. The number of aromatic nitrogens is 3. The van der Waals surface area contributed by atoms with E-state index >= 15 is 0 Å². The number of pyridine rings is 1. The van der Waals surface area contributed by atoms with Crippen LogP contribution in [0.15, 0.2) is 79.3 Å². The summed E-state index contributed by atoms with van der Waals surface area (Å²) < 4.78 is 45.1. The first kappa shape index (κ1) is 27.1. The highest BCUT2D eigenvalue weighted by atomic mass is 19.4. The molecule has 2 aromatic heterocycles. The average Bonchev–Trinajstić information content (AvgIpc) is 2.92. The number of ether oxygens (including phenoxy) is 1. The molecule has 0 unspecified atom stereocenters. The number of hydrogen-bond acceptors (Lipinski definition) is 7. The Morgan fingerprint density at radius 2 is 1.90 bits per heavy atom. The minimum atomic E-state index is -4.56. The van der Waals surface area contributed by atoms with E-state index in [-0.39, 0.29) is 17.4 Å². The van der Waals surface area contributed by atoms with Crippen LogP contribution in [0.1, 0.15) is 16.7 Å². The number of carbonyl (C=O) groups is 1. The molecule has 0 aliphatic heterocycles. The van der Waals surface area contributed by atoms with Gasteiger partial charge in [-0.3, -0.25) is 4.98 Å². The number of halogens is 3. The number of carboxylic acids is 1. The van der Waals surface area contributed by atoms with Crippen LogP contribution in [0.5, 0.6) is 5.75 Å². The van der Waals surface area contributed by atoms with Gasteiger partial charge in [0.15, 0.2) is 0 Å². The van der Waals surface area contributed by atoms with E-state index < -0.39 is 17.7 Å². The number of carboxylic acid groups (broad SMARTS) is 1. The van der Waals surface area contributed by atoms with Gasteiger partial charge in [0, 0.05) is 48.5 Å². The molecule has 4 aromatic rings. The molecule has 0 saturated heterocycles. The van der Waals surface area contributed by atoms with Crippen LogP contribution in [0.2, 0.25) is 0 Å². The van der Waals surface area contributed by atoms with E-state index in [2.05, 4.69) is 25.6 Å². The Hall–Kier alpha value is -4.93. The lowest BCUT2D eigenvalue weighted by atomic mass is 10.0. The van der Waals surface area contributed by atoms with Gasteiger partial charge in [-0.15, -0.1) is 0 Å². The summed E-state index contributed by atoms with van der Waals surface area (Å²) in [5.41, 5.74) is 2.31. The molecule has 0 atom stereocenters. The summed E-state index contributed by atoms with van der Waals surface area (Å²) in [5.74, 6) is -0.511. The molecule has 0 amide bonds. The molecule has 8 nitrogen and oxygen atoms in total. The molecule has 0 radical (unpaired) electrons. The Kier molecular flexibility index (Phi) is 8.40. The molecule has 11 heteroatoms. The van der Waals surface area contributed by atoms with Gasteiger partial charge in [0.05, 0.1) is 12.7 Å². The highest BCUT2D eigenvalue weighted by molar-refractivity contribution is 5.86. The molecule has 0 bridgehead atoms. The molecule has 39 heavy (non-hydrogen) atoms. The fourth-order valence-electron chi connectivity index (χ4n) is 3.72. The van der Waals surface area contributed by atoms with E-state index in [0.717, 1.165) is 29.3 Å². The van der Waals surface area contributed by atoms with Crippen molar-refractivity contribution in [3.05, 3.63) is 96.0 Å². The standard InChI is InChI=1S/C28H24F3N5O3/c1-39-23-15-21(28(29,30)31)14-22(16-23)35-27-34-17-24(20-4-2-3-19(13-20)5-6-25(37)38)26(36-27)33-12-9-18-7-10-32-11-8-18/h2-8,10-11,13-17H,9,12H2,1H3,(H,37,38)(H2,33,34,35,36)/b6-5+. The summed E-state index contributed by atoms with van der Waals surface area (Å²) in [6, 6.07) is 14.2. The molecule has 200 valence electrons. The van der Waals surface area contributed by atoms with Crippen molar-refractivity contribution in [3.63, 3.8) is 0 Å². The van der Waals surface area contributed by atoms with Gasteiger partial charge in [-0.1, -0.05) is 18.2 Å². The number of anilines is 3. The predicted octanol–water partition coefficient (Wildman–Crippen LogP) is 6.06. The van der Waals surface area contributed by atoms with Crippen LogP contribution in [0, 0.1) is 0 Å². The molecule has 2 aromatic carbocycles. The fourth-order valence-corrected chi connectivity index (χ4v) is 3.72. The van der Waals surface area contributed by atoms with Gasteiger partial charge < -0.3 is 20.5 Å². The molecule has 0 fully saturated rings. The van der Waals surface area contributed by atoms with Crippen LogP contribution in [-0.2, 0) is 17.4 Å². The highest BCUT2D eigenvalue weighted by Crippen LogP contribution is 2.35. The zero-order chi connectivity index (χ0) is 27.8. The van der Waals surface area contributed by atoms with E-state index in [0.29, 0.717) is 29.9 Å². The highest BCUT2D eigenvalue weighted by Gasteiger charge is 2.31. The quantitative estimate of drug-likeness (QED) is 0.210. The molecule has 4 rings (SSSR count). The van der Waals surface area contributed by atoms with Gasteiger partial charge in [0.25, 0.3) is 0 Å². The molecule has 2 heterocycles. The summed E-state index contributed by atoms with van der Waals surface area (Å²) in [7, 11) is 1.29. The van der Waals surface area contributed by atoms with Crippen molar-refractivity contribution >= 4 is 29.5 Å². The Labute approximate surface area is 222 Å². The summed E-state index contributed by atoms with van der Waals surface area (Å²) in [6.45, 7) is 0.503. The van der Waals surface area contributed by atoms with Gasteiger partial charge >= 0.3 is 12.1 Å². The Bertz CT molecular complexity index is 1480. The Morgan fingerprint density at radius 1 is 1.10 bits per heavy atom. The van der Waals surface area contributed by atoms with Crippen LogP contribution >= 0.6 is 0 Å². The number of aliphatic carboxylic acids is 1. The number of nitrogens with zero attached hydrogens (tertiary/aromatic N) is 3. The largest absolute Gasteiger partial charge is 0.497 e. The van der Waals surface area contributed by atoms with Crippen LogP contribution < -0.4 is 15.4 Å². The number of methoxy groups -OCH3 is 1. The van der Waals surface area contributed by atoms with E-state index in [1.54, 1.807) is 36.8 Å². The SMILES string of the molecule is COc1cc(Nc2ncc(-c3cccc(/C=C/C(=O)O)c3)c(NCCc3ccncc3)n2)cc(C(F)(F)F)c1. The van der Waals surface area contributed by atoms with Crippen LogP contribution in [0.25, 0.3) is 17.2 Å². The van der Waals surface area contributed by atoms with Crippen molar-refractivity contribution in [2.75, 3.05) is 24.3 Å². The van der Waals surface area contributed by atoms with Crippen molar-refractivity contribution in [2.45, 2.75) is 12.6 Å². The second-order valence-corrected chi connectivity index (χ2v) is 8.36. The maximum atomic E-state index is 13.4. The zero-order valence-corrected chi connectivity index (χ0v) is 20.7. The molecule has 0 saturated carbocycles. The zero-order valence-electron chi connectivity index (χ0n) is 20.7. The third kappa shape index (κ3) is 7.54. The van der Waals surface area contributed by atoms with Gasteiger partial charge in [-0.2, -0.15) is 18.2 Å². The van der Waals surface area contributed by atoms with Gasteiger partial charge in [0.1, 0.15) is 11.6 Å². The first-order valence-electron chi connectivity index (χ1n) is 11.8. The van der Waals surface area contributed by atoms with E-state index in [4.69, 9.17) is 9.84 Å². The van der Waals surface area contributed by atoms with Gasteiger partial charge in [0.2, 0.25) is 5.95 Å². The number of rotatable bonds is 10. The molecule has 3 N–H and O–H groups in total. The van der Waals surface area contributed by atoms with Crippen molar-refractivity contribution in [1.29, 1.82) is 0 Å². The lowest BCUT2D eigenvalue weighted by molar-refractivity contribution is -0.137. The van der Waals surface area contributed by atoms with E-state index in [1.807, 2.05) is 18.2 Å². The molecule has 0 spiro atoms. The maximum absolute atomic E-state index is 13.4. The second kappa shape index (κ2) is 12.1. The monoisotopic (exact) mass is 535 g/mol. The number of benzene rings is 2. The van der Waals surface area contributed by atoms with Crippen LogP contribution in [-0.4, -0.2) is 39.7 Å². The van der Waals surface area contributed by atoms with Gasteiger partial charge in [-0.25, -0.2) is 9.78 Å². The second-order valence-electron chi connectivity index (χ2n) is 8.36. The third-order valence-corrected chi connectivity index (χ3v) is 5.59. The van der Waals surface area contributed by atoms with Gasteiger partial charge in [-0.05, 0) is 59.5 Å². The summed E-state index contributed by atoms with van der Waals surface area (Å²) in [4.78, 5) is 23.8. The minimum Gasteiger partial charge on any atom is -0.497 e. The lowest BCUT2D eigenvalue weighted by Crippen LogP contribution is -2.10. The van der Waals surface area contributed by atoms with Crippen LogP contribution in [0.4, 0.5) is 30.6 Å². The Balaban J connectivity index is 1.67. The van der Waals surface area contributed by atoms with Crippen LogP contribution in [0.3, 0.4) is 0 Å². The summed E-state index contributed by atoms with van der Waals surface area (Å²) in [5, 5.41) is 15.1. The van der Waals surface area contributed by atoms with Crippen molar-refractivity contribution in [2.24, 2.45) is 0 Å². The lowest BCUT2D eigenvalue weighted by Gasteiger charge is -2.15. The van der Waals surface area contributed by atoms with Crippen molar-refractivity contribution in [1.82, 2.24) is 15.0 Å². The smallest absolute Gasteiger partial charge is 0.416 e. The van der Waals surface area contributed by atoms with Crippen molar-refractivity contribution < 1.29 is 27.8 Å². The minimum absolute atomic E-state index is 0.0332. The predicted molar refractivity (Wildman–Crippen MR) is 142 cm³/mol. The van der Waals surface area contributed by atoms with E-state index in [1.165, 1.54) is 19.3 Å². The fraction of sp³-hybridized carbons (Fsp3) is 0.143. The number of hydrogen-bond donors (Lipinski definition) is 3. The first-order chi connectivity index (χ1) is 18.7. The molecular weight excluding hydrogens is 511 g/mol. The number of alkyl halides is 3. The first-order valence-corrected chi connectivity index (χ1v) is 11.8. The third-order valence-electron chi connectivity index (χ3n) is 5.59. The maximum Gasteiger partial charge on any atom is 0.416 e. The normalized spacial score (nSPS) is 11.4. The average molecular weight is 536 g/mol.